The molecule has 5 aromatic rings. The average molecular weight is 803 g/mol. The van der Waals surface area contributed by atoms with E-state index in [0.29, 0.717) is 0 Å². The van der Waals surface area contributed by atoms with Gasteiger partial charge in [0.1, 0.15) is 0 Å². The average Bonchev–Trinajstić information content (AvgIpc) is 4.04. The number of fused-ring (bicyclic) bond motifs is 6. The van der Waals surface area contributed by atoms with Crippen LogP contribution in [0.1, 0.15) is 22.3 Å². The molecule has 0 spiro atoms. The van der Waals surface area contributed by atoms with Crippen molar-refractivity contribution < 1.29 is 12.6 Å². The van der Waals surface area contributed by atoms with Gasteiger partial charge in [0.2, 0.25) is 0 Å². The number of allylic oxidation sites excluding steroid dienone is 10. The second kappa shape index (κ2) is 13.8. The normalized spacial score (nSPS) is 16.6. The standard InChI is InChI=1S/C46H33N3O3Te/c1-51-33-17-13-31(14-18-33)43-35-21-22-36(47-35)44(32-15-19-34(52-2)20-16-32)38-24-26-40(49-38)46(30-11-7-4-8-12-30)42-28-27-41(53(42)50)45(29-9-5-3-6-10-29)39-25-23-37(43)48-39/h3-28,47H,1-2H3. The van der Waals surface area contributed by atoms with Gasteiger partial charge in [0, 0.05) is 0 Å². The van der Waals surface area contributed by atoms with E-state index in [2.05, 4.69) is 90.0 Å². The molecule has 7 heteroatoms. The number of rotatable bonds is 6. The topological polar surface area (TPSA) is 76.0 Å². The first-order valence-electron chi connectivity index (χ1n) is 17.3. The summed E-state index contributed by atoms with van der Waals surface area (Å²) in [6.07, 6.45) is 12.3. The number of hydrogen-bond donors (Lipinski definition) is 1. The monoisotopic (exact) mass is 805 g/mol. The van der Waals surface area contributed by atoms with Crippen molar-refractivity contribution >= 4 is 53.3 Å². The maximum atomic E-state index is 15.1. The van der Waals surface area contributed by atoms with Gasteiger partial charge in [0.25, 0.3) is 0 Å². The van der Waals surface area contributed by atoms with Crippen molar-refractivity contribution in [3.8, 4) is 11.5 Å². The van der Waals surface area contributed by atoms with Crippen LogP contribution in [0, 0.1) is 0 Å². The molecule has 4 aromatic carbocycles. The number of aromatic amines is 1. The zero-order valence-electron chi connectivity index (χ0n) is 29.0. The third kappa shape index (κ3) is 5.94. The first-order valence-corrected chi connectivity index (χ1v) is 20.6. The molecule has 0 unspecified atom stereocenters. The summed E-state index contributed by atoms with van der Waals surface area (Å²) in [4.78, 5) is 14.4. The Labute approximate surface area is 314 Å². The molecule has 0 fully saturated rings. The molecule has 1 aromatic heterocycles. The fraction of sp³-hybridized carbons (Fsp3) is 0.0435. The van der Waals surface area contributed by atoms with Crippen LogP contribution in [0.5, 0.6) is 11.5 Å². The van der Waals surface area contributed by atoms with E-state index in [1.54, 1.807) is 14.2 Å². The fourth-order valence-electron chi connectivity index (χ4n) is 7.15. The molecule has 9 rings (SSSR count). The molecular weight excluding hydrogens is 770 g/mol. The van der Waals surface area contributed by atoms with E-state index in [0.717, 1.165) is 96.8 Å². The third-order valence-corrected chi connectivity index (χ3v) is 13.9. The van der Waals surface area contributed by atoms with Crippen LogP contribution in [0.4, 0.5) is 0 Å². The van der Waals surface area contributed by atoms with Crippen molar-refractivity contribution in [2.75, 3.05) is 14.2 Å². The molecule has 6 nitrogen and oxygen atoms in total. The Hall–Kier alpha value is -6.13. The summed E-state index contributed by atoms with van der Waals surface area (Å²) in [6, 6.07) is 40.7. The Morgan fingerprint density at radius 3 is 1.26 bits per heavy atom. The van der Waals surface area contributed by atoms with Gasteiger partial charge < -0.3 is 0 Å². The van der Waals surface area contributed by atoms with Gasteiger partial charge in [-0.2, -0.15) is 0 Å². The second-order valence-corrected chi connectivity index (χ2v) is 16.8. The van der Waals surface area contributed by atoms with Crippen LogP contribution in [-0.4, -0.2) is 50.2 Å². The van der Waals surface area contributed by atoms with Gasteiger partial charge >= 0.3 is 316 Å². The molecule has 4 aliphatic rings. The molecule has 5 heterocycles. The van der Waals surface area contributed by atoms with E-state index in [-0.39, 0.29) is 0 Å². The van der Waals surface area contributed by atoms with Crippen molar-refractivity contribution in [1.82, 2.24) is 4.98 Å². The van der Waals surface area contributed by atoms with E-state index >= 15 is 3.10 Å². The van der Waals surface area contributed by atoms with Crippen LogP contribution in [0.15, 0.2) is 186 Å². The van der Waals surface area contributed by atoms with Crippen molar-refractivity contribution in [2.45, 2.75) is 0 Å². The van der Waals surface area contributed by atoms with Crippen LogP contribution in [0.2, 0.25) is 0 Å². The predicted octanol–water partition coefficient (Wildman–Crippen LogP) is 7.65. The number of nitrogens with zero attached hydrogens (tertiary/aromatic N) is 2. The number of nitrogens with one attached hydrogen (secondary N) is 1. The summed E-state index contributed by atoms with van der Waals surface area (Å²) in [6.45, 7) is 0. The van der Waals surface area contributed by atoms with Crippen molar-refractivity contribution in [3.63, 3.8) is 0 Å². The van der Waals surface area contributed by atoms with Crippen LogP contribution in [-0.2, 0) is 3.10 Å². The molecular formula is C46H33N3O3Te. The van der Waals surface area contributed by atoms with Crippen molar-refractivity contribution in [1.29, 1.82) is 0 Å². The van der Waals surface area contributed by atoms with E-state index in [4.69, 9.17) is 19.5 Å². The number of methoxy groups -OCH3 is 2. The van der Waals surface area contributed by atoms with Crippen LogP contribution < -0.4 is 20.2 Å². The van der Waals surface area contributed by atoms with Gasteiger partial charge in [-0.15, -0.1) is 0 Å². The molecule has 0 aliphatic carbocycles. The molecule has 256 valence electrons. The predicted molar refractivity (Wildman–Crippen MR) is 214 cm³/mol. The van der Waals surface area contributed by atoms with Gasteiger partial charge in [0.05, 0.1) is 0 Å². The van der Waals surface area contributed by atoms with Crippen molar-refractivity contribution in [3.05, 3.63) is 209 Å². The van der Waals surface area contributed by atoms with Crippen LogP contribution in [0.3, 0.4) is 0 Å². The first kappa shape index (κ1) is 32.8. The molecule has 0 radical (unpaired) electrons. The SMILES string of the molecule is COc1ccc(C2=c3ccc([nH]3)=C(c3ccc(OC)cc3)C3=NC(=C(c4ccccc4)C4=CC=C(C(c5ccccc5)=C5C=CC2=N5)[Te]4=O)C=C3)cc1. The Bertz CT molecular complexity index is 2520. The van der Waals surface area contributed by atoms with Gasteiger partial charge in [-0.05, 0) is 0 Å². The quantitative estimate of drug-likeness (QED) is 0.179. The summed E-state index contributed by atoms with van der Waals surface area (Å²) in [7, 11) is 3.34. The Kier molecular flexibility index (Phi) is 8.52. The second-order valence-electron chi connectivity index (χ2n) is 12.7. The summed E-state index contributed by atoms with van der Waals surface area (Å²) >= 11 is -3.42. The number of aliphatic imine (C=N–C) groups is 2. The molecule has 53 heavy (non-hydrogen) atoms. The molecule has 8 bridgehead atoms. The minimum absolute atomic E-state index is 0.773. The number of benzene rings is 4. The van der Waals surface area contributed by atoms with Gasteiger partial charge in [-0.25, -0.2) is 0 Å². The van der Waals surface area contributed by atoms with E-state index in [1.165, 1.54) is 0 Å². The zero-order valence-corrected chi connectivity index (χ0v) is 31.4. The number of ether oxygens (including phenoxy) is 2. The third-order valence-electron chi connectivity index (χ3n) is 9.69. The Morgan fingerprint density at radius 2 is 0.868 bits per heavy atom. The molecule has 0 amide bonds. The summed E-state index contributed by atoms with van der Waals surface area (Å²) in [5, 5.41) is 1.81. The Balaban J connectivity index is 1.39. The van der Waals surface area contributed by atoms with Crippen molar-refractivity contribution in [2.24, 2.45) is 9.98 Å². The molecule has 1 N–H and O–H groups in total. The fourth-order valence-corrected chi connectivity index (χ4v) is 11.3. The first-order chi connectivity index (χ1) is 26.1. The number of aromatic nitrogens is 1. The molecule has 0 saturated carbocycles. The maximum absolute atomic E-state index is 15.1. The van der Waals surface area contributed by atoms with Gasteiger partial charge in [0.15, 0.2) is 0 Å². The number of H-pyrrole nitrogens is 1. The molecule has 0 saturated heterocycles. The van der Waals surface area contributed by atoms with E-state index in [1.807, 2.05) is 72.8 Å². The summed E-state index contributed by atoms with van der Waals surface area (Å²) in [5.41, 5.74) is 10.7. The zero-order chi connectivity index (χ0) is 35.9. The summed E-state index contributed by atoms with van der Waals surface area (Å²) in [5.74, 6) is 1.55. The summed E-state index contributed by atoms with van der Waals surface area (Å²) < 4.78 is 27.8. The van der Waals surface area contributed by atoms with Gasteiger partial charge in [-0.1, -0.05) is 0 Å². The van der Waals surface area contributed by atoms with Gasteiger partial charge in [-0.3, -0.25) is 0 Å². The Morgan fingerprint density at radius 1 is 0.472 bits per heavy atom. The minimum atomic E-state index is -3.42. The molecule has 4 aliphatic heterocycles. The molecule has 0 atom stereocenters. The number of hydrogen-bond acceptors (Lipinski definition) is 5. The van der Waals surface area contributed by atoms with Crippen LogP contribution >= 0.6 is 0 Å². The van der Waals surface area contributed by atoms with E-state index < -0.39 is 19.5 Å². The van der Waals surface area contributed by atoms with Crippen LogP contribution in [0.25, 0.3) is 22.3 Å². The van der Waals surface area contributed by atoms with E-state index in [9.17, 15) is 0 Å².